The second-order valence-corrected chi connectivity index (χ2v) is 7.29. The van der Waals surface area contributed by atoms with E-state index in [1.165, 1.54) is 0 Å². The Kier molecular flexibility index (Phi) is 5.62. The Morgan fingerprint density at radius 2 is 2.00 bits per heavy atom. The van der Waals surface area contributed by atoms with E-state index in [0.29, 0.717) is 17.9 Å². The molecule has 17 heavy (non-hydrogen) atoms. The van der Waals surface area contributed by atoms with Crippen LogP contribution in [-0.2, 0) is 16.4 Å². The van der Waals surface area contributed by atoms with Gasteiger partial charge >= 0.3 is 0 Å². The summed E-state index contributed by atoms with van der Waals surface area (Å²) in [6.45, 7) is 4.42. The Morgan fingerprint density at radius 3 is 2.59 bits per heavy atom. The van der Waals surface area contributed by atoms with Gasteiger partial charge in [-0.3, -0.25) is 0 Å². The van der Waals surface area contributed by atoms with Gasteiger partial charge in [-0.2, -0.15) is 0 Å². The molecule has 0 aromatic heterocycles. The highest BCUT2D eigenvalue weighted by Crippen LogP contribution is 2.19. The number of rotatable bonds is 6. The van der Waals surface area contributed by atoms with Gasteiger partial charge in [-0.05, 0) is 24.5 Å². The molecule has 1 rings (SSSR count). The number of benzene rings is 1. The Hall–Kier alpha value is -0.390. The minimum absolute atomic E-state index is 0.255. The molecule has 1 aromatic carbocycles. The van der Waals surface area contributed by atoms with Gasteiger partial charge in [0, 0.05) is 11.4 Å². The van der Waals surface area contributed by atoms with Crippen molar-refractivity contribution in [2.45, 2.75) is 36.4 Å². The Bertz CT molecular complexity index is 457. The molecule has 0 spiro atoms. The molecule has 0 aliphatic heterocycles. The highest BCUT2D eigenvalue weighted by atomic mass is 79.9. The first-order chi connectivity index (χ1) is 7.97. The average molecular weight is 320 g/mol. The lowest BCUT2D eigenvalue weighted by atomic mass is 10.1. The summed E-state index contributed by atoms with van der Waals surface area (Å²) >= 11 is 3.45. The van der Waals surface area contributed by atoms with Gasteiger partial charge in [0.15, 0.2) is 0 Å². The van der Waals surface area contributed by atoms with Crippen LogP contribution in [0.1, 0.15) is 25.8 Å². The first-order valence-corrected chi connectivity index (χ1v) is 8.09. The summed E-state index contributed by atoms with van der Waals surface area (Å²) in [6, 6.07) is 7.13. The number of hydrogen-bond donors (Lipinski definition) is 1. The predicted octanol–water partition coefficient (Wildman–Crippen LogP) is 2.70. The molecule has 0 heterocycles. The van der Waals surface area contributed by atoms with E-state index in [4.69, 9.17) is 0 Å². The second kappa shape index (κ2) is 6.52. The predicted molar refractivity (Wildman–Crippen MR) is 74.0 cm³/mol. The van der Waals surface area contributed by atoms with Crippen molar-refractivity contribution in [1.82, 2.24) is 4.72 Å². The Morgan fingerprint density at radius 1 is 1.35 bits per heavy atom. The quantitative estimate of drug-likeness (QED) is 0.819. The van der Waals surface area contributed by atoms with Crippen molar-refractivity contribution in [2.24, 2.45) is 0 Å². The summed E-state index contributed by atoms with van der Waals surface area (Å²) in [4.78, 5) is 0.643. The average Bonchev–Trinajstić information content (AvgIpc) is 2.26. The van der Waals surface area contributed by atoms with Crippen LogP contribution >= 0.6 is 15.9 Å². The number of halogens is 1. The van der Waals surface area contributed by atoms with Crippen molar-refractivity contribution in [2.75, 3.05) is 6.54 Å². The third-order valence-corrected chi connectivity index (χ3v) is 4.19. The molecule has 0 aliphatic rings. The minimum atomic E-state index is -3.37. The lowest BCUT2D eigenvalue weighted by molar-refractivity contribution is 0.579. The van der Waals surface area contributed by atoms with Gasteiger partial charge < -0.3 is 0 Å². The highest BCUT2D eigenvalue weighted by molar-refractivity contribution is 9.09. The van der Waals surface area contributed by atoms with Crippen LogP contribution in [0.3, 0.4) is 0 Å². The van der Waals surface area contributed by atoms with E-state index in [1.54, 1.807) is 12.1 Å². The van der Waals surface area contributed by atoms with Crippen molar-refractivity contribution < 1.29 is 8.42 Å². The topological polar surface area (TPSA) is 46.2 Å². The van der Waals surface area contributed by atoms with Crippen LogP contribution in [0.25, 0.3) is 0 Å². The molecule has 96 valence electrons. The van der Waals surface area contributed by atoms with E-state index in [2.05, 4.69) is 20.7 Å². The van der Waals surface area contributed by atoms with Crippen molar-refractivity contribution in [1.29, 1.82) is 0 Å². The number of alkyl halides is 1. The monoisotopic (exact) mass is 319 g/mol. The summed E-state index contributed by atoms with van der Waals surface area (Å²) < 4.78 is 26.7. The second-order valence-electron chi connectivity index (χ2n) is 3.99. The lowest BCUT2D eigenvalue weighted by Crippen LogP contribution is -2.25. The van der Waals surface area contributed by atoms with Gasteiger partial charge in [-0.15, -0.1) is 0 Å². The van der Waals surface area contributed by atoms with E-state index >= 15 is 0 Å². The van der Waals surface area contributed by atoms with Crippen LogP contribution in [0.5, 0.6) is 0 Å². The van der Waals surface area contributed by atoms with Crippen molar-refractivity contribution >= 4 is 26.0 Å². The Labute approximate surface area is 112 Å². The van der Waals surface area contributed by atoms with Crippen molar-refractivity contribution in [3.8, 4) is 0 Å². The van der Waals surface area contributed by atoms with Gasteiger partial charge in [0.25, 0.3) is 0 Å². The maximum atomic E-state index is 12.1. The fourth-order valence-corrected chi connectivity index (χ4v) is 3.28. The number of hydrogen-bond acceptors (Lipinski definition) is 2. The van der Waals surface area contributed by atoms with Crippen molar-refractivity contribution in [3.63, 3.8) is 0 Å². The van der Waals surface area contributed by atoms with Gasteiger partial charge in [-0.1, -0.05) is 48.0 Å². The zero-order chi connectivity index (χ0) is 12.9. The summed E-state index contributed by atoms with van der Waals surface area (Å²) in [5.41, 5.74) is 0.848. The van der Waals surface area contributed by atoms with Crippen LogP contribution in [-0.4, -0.2) is 19.8 Å². The number of nitrogens with one attached hydrogen (secondary N) is 1. The molecule has 1 unspecified atom stereocenters. The van der Waals surface area contributed by atoms with E-state index in [9.17, 15) is 8.42 Å². The smallest absolute Gasteiger partial charge is 0.211 e. The number of sulfonamides is 1. The summed E-state index contributed by atoms with van der Waals surface area (Å²) in [5.74, 6) is 0. The third-order valence-electron chi connectivity index (χ3n) is 2.31. The molecule has 0 aliphatic carbocycles. The fraction of sp³-hybridized carbons (Fsp3) is 0.500. The van der Waals surface area contributed by atoms with E-state index in [1.807, 2.05) is 26.0 Å². The molecule has 1 atom stereocenters. The van der Waals surface area contributed by atoms with E-state index in [-0.39, 0.29) is 4.83 Å². The lowest BCUT2D eigenvalue weighted by Gasteiger charge is -2.11. The molecule has 1 N–H and O–H groups in total. The molecule has 0 fully saturated rings. The first-order valence-electron chi connectivity index (χ1n) is 5.69. The summed E-state index contributed by atoms with van der Waals surface area (Å²) in [6.07, 6.45) is 1.49. The van der Waals surface area contributed by atoms with Crippen LogP contribution < -0.4 is 4.72 Å². The molecule has 0 radical (unpaired) electrons. The molecular formula is C12H18BrNO2S. The summed E-state index contributed by atoms with van der Waals surface area (Å²) in [5, 5.41) is 0. The zero-order valence-electron chi connectivity index (χ0n) is 10.1. The molecule has 0 saturated carbocycles. The molecule has 3 nitrogen and oxygen atoms in total. The van der Waals surface area contributed by atoms with Crippen LogP contribution in [0.2, 0.25) is 0 Å². The van der Waals surface area contributed by atoms with Crippen LogP contribution in [0, 0.1) is 0 Å². The van der Waals surface area contributed by atoms with Crippen molar-refractivity contribution in [3.05, 3.63) is 29.8 Å². The maximum absolute atomic E-state index is 12.1. The summed E-state index contributed by atoms with van der Waals surface area (Å²) in [7, 11) is -3.37. The SMILES string of the molecule is CCCNS(=O)(=O)c1ccccc1CC(C)Br. The Balaban J connectivity index is 3.04. The minimum Gasteiger partial charge on any atom is -0.211 e. The largest absolute Gasteiger partial charge is 0.240 e. The maximum Gasteiger partial charge on any atom is 0.240 e. The normalized spacial score (nSPS) is 13.6. The molecule has 0 amide bonds. The molecule has 0 saturated heterocycles. The fourth-order valence-electron chi connectivity index (χ4n) is 1.55. The molecular weight excluding hydrogens is 302 g/mol. The first kappa shape index (κ1) is 14.7. The molecule has 1 aromatic rings. The van der Waals surface area contributed by atoms with E-state index in [0.717, 1.165) is 12.0 Å². The standard InChI is InChI=1S/C12H18BrNO2S/c1-3-8-14-17(15,16)12-7-5-4-6-11(12)9-10(2)13/h4-7,10,14H,3,8-9H2,1-2H3. The zero-order valence-corrected chi connectivity index (χ0v) is 12.5. The highest BCUT2D eigenvalue weighted by Gasteiger charge is 2.17. The van der Waals surface area contributed by atoms with E-state index < -0.39 is 10.0 Å². The van der Waals surface area contributed by atoms with Crippen LogP contribution in [0.15, 0.2) is 29.2 Å². The van der Waals surface area contributed by atoms with Gasteiger partial charge in [0.1, 0.15) is 0 Å². The third kappa shape index (κ3) is 4.41. The molecule has 5 heteroatoms. The van der Waals surface area contributed by atoms with Gasteiger partial charge in [0.05, 0.1) is 4.90 Å². The van der Waals surface area contributed by atoms with Gasteiger partial charge in [0.2, 0.25) is 10.0 Å². The van der Waals surface area contributed by atoms with Gasteiger partial charge in [-0.25, -0.2) is 13.1 Å². The molecule has 0 bridgehead atoms. The van der Waals surface area contributed by atoms with Crippen LogP contribution in [0.4, 0.5) is 0 Å².